The van der Waals surface area contributed by atoms with Crippen molar-refractivity contribution in [3.05, 3.63) is 40.8 Å². The van der Waals surface area contributed by atoms with Crippen LogP contribution in [-0.4, -0.2) is 43.4 Å². The molecule has 2 aromatic rings. The number of nitrogens with zero attached hydrogens (tertiary/aromatic N) is 1. The molecule has 1 atom stereocenters. The molecule has 6 nitrogen and oxygen atoms in total. The molecule has 1 aromatic carbocycles. The van der Waals surface area contributed by atoms with Crippen LogP contribution in [0.15, 0.2) is 40.2 Å². The number of hydrogen-bond acceptors (Lipinski definition) is 4. The van der Waals surface area contributed by atoms with E-state index in [0.29, 0.717) is 23.9 Å². The smallest absolute Gasteiger partial charge is 0.255 e. The van der Waals surface area contributed by atoms with E-state index in [-0.39, 0.29) is 28.9 Å². The van der Waals surface area contributed by atoms with Gasteiger partial charge in [-0.05, 0) is 38.1 Å². The summed E-state index contributed by atoms with van der Waals surface area (Å²) in [6.45, 7) is 3.82. The summed E-state index contributed by atoms with van der Waals surface area (Å²) in [5.41, 5.74) is -0.278. The van der Waals surface area contributed by atoms with Crippen molar-refractivity contribution in [2.45, 2.75) is 24.3 Å². The second-order valence-corrected chi connectivity index (χ2v) is 7.41. The highest BCUT2D eigenvalue weighted by Gasteiger charge is 2.31. The highest BCUT2D eigenvalue weighted by molar-refractivity contribution is 7.89. The Hall–Kier alpha value is -1.41. The summed E-state index contributed by atoms with van der Waals surface area (Å²) in [7, 11) is -3.64. The van der Waals surface area contributed by atoms with Gasteiger partial charge in [0.15, 0.2) is 0 Å². The van der Waals surface area contributed by atoms with Crippen molar-refractivity contribution >= 4 is 33.2 Å². The van der Waals surface area contributed by atoms with Crippen LogP contribution in [0.4, 0.5) is 0 Å². The van der Waals surface area contributed by atoms with Gasteiger partial charge >= 0.3 is 0 Å². The maximum atomic E-state index is 13.1. The zero-order valence-electron chi connectivity index (χ0n) is 12.8. The standard InChI is InChI=1S/C15H19N3O3S.ClH/c1-11-10-16-7-3-9-18(11)22(20,21)14-5-2-4-13-12(14)6-8-17-15(13)19;/h2,4-6,8,11,16H,3,7,9-10H2,1H3,(H,17,19);1H/t11-;/m1./s1. The maximum Gasteiger partial charge on any atom is 0.255 e. The predicted molar refractivity (Wildman–Crippen MR) is 92.7 cm³/mol. The van der Waals surface area contributed by atoms with Crippen molar-refractivity contribution in [2.75, 3.05) is 19.6 Å². The first-order valence-electron chi connectivity index (χ1n) is 7.35. The third-order valence-electron chi connectivity index (χ3n) is 4.03. The van der Waals surface area contributed by atoms with Crippen molar-refractivity contribution in [2.24, 2.45) is 0 Å². The molecule has 1 saturated heterocycles. The molecule has 0 radical (unpaired) electrons. The number of aromatic amines is 1. The summed E-state index contributed by atoms with van der Waals surface area (Å²) in [5.74, 6) is 0. The van der Waals surface area contributed by atoms with Gasteiger partial charge in [0.2, 0.25) is 10.0 Å². The van der Waals surface area contributed by atoms with Gasteiger partial charge in [-0.2, -0.15) is 4.31 Å². The van der Waals surface area contributed by atoms with E-state index in [0.717, 1.165) is 13.0 Å². The van der Waals surface area contributed by atoms with Crippen LogP contribution in [0.5, 0.6) is 0 Å². The first kappa shape index (κ1) is 17.9. The highest BCUT2D eigenvalue weighted by Crippen LogP contribution is 2.25. The van der Waals surface area contributed by atoms with Crippen LogP contribution in [0.1, 0.15) is 13.3 Å². The van der Waals surface area contributed by atoms with Gasteiger partial charge in [-0.15, -0.1) is 12.4 Å². The Bertz CT molecular complexity index is 850. The van der Waals surface area contributed by atoms with Crippen LogP contribution in [0.25, 0.3) is 10.8 Å². The van der Waals surface area contributed by atoms with Crippen LogP contribution >= 0.6 is 12.4 Å². The van der Waals surface area contributed by atoms with Crippen LogP contribution in [-0.2, 0) is 10.0 Å². The van der Waals surface area contributed by atoms with Gasteiger partial charge in [-0.25, -0.2) is 8.42 Å². The van der Waals surface area contributed by atoms with Crippen molar-refractivity contribution in [3.8, 4) is 0 Å². The van der Waals surface area contributed by atoms with Crippen LogP contribution in [0.3, 0.4) is 0 Å². The topological polar surface area (TPSA) is 82.3 Å². The van der Waals surface area contributed by atoms with E-state index in [9.17, 15) is 13.2 Å². The molecule has 126 valence electrons. The Kier molecular flexibility index (Phi) is 5.46. The highest BCUT2D eigenvalue weighted by atomic mass is 35.5. The Morgan fingerprint density at radius 1 is 1.22 bits per heavy atom. The van der Waals surface area contributed by atoms with Crippen molar-refractivity contribution < 1.29 is 8.42 Å². The Balaban J connectivity index is 0.00000192. The number of pyridine rings is 1. The molecule has 1 aliphatic rings. The fourth-order valence-corrected chi connectivity index (χ4v) is 4.77. The SMILES string of the molecule is C[C@@H]1CNCCCN1S(=O)(=O)c1cccc2c(=O)[nH]ccc12.Cl. The van der Waals surface area contributed by atoms with Crippen molar-refractivity contribution in [1.29, 1.82) is 0 Å². The Labute approximate surface area is 141 Å². The molecule has 1 fully saturated rings. The van der Waals surface area contributed by atoms with Gasteiger partial charge in [-0.3, -0.25) is 4.79 Å². The molecule has 0 amide bonds. The van der Waals surface area contributed by atoms with Gasteiger partial charge in [0, 0.05) is 36.1 Å². The molecule has 23 heavy (non-hydrogen) atoms. The quantitative estimate of drug-likeness (QED) is 0.849. The molecule has 1 aromatic heterocycles. The van der Waals surface area contributed by atoms with Crippen LogP contribution in [0.2, 0.25) is 0 Å². The predicted octanol–water partition coefficient (Wildman–Crippen LogP) is 1.32. The summed E-state index contributed by atoms with van der Waals surface area (Å²) >= 11 is 0. The minimum Gasteiger partial charge on any atom is -0.329 e. The summed E-state index contributed by atoms with van der Waals surface area (Å²) in [6.07, 6.45) is 2.26. The monoisotopic (exact) mass is 357 g/mol. The summed E-state index contributed by atoms with van der Waals surface area (Å²) < 4.78 is 27.7. The third-order valence-corrected chi connectivity index (χ3v) is 6.10. The van der Waals surface area contributed by atoms with Gasteiger partial charge in [0.25, 0.3) is 5.56 Å². The first-order chi connectivity index (χ1) is 10.5. The lowest BCUT2D eigenvalue weighted by molar-refractivity contribution is 0.354. The number of sulfonamides is 1. The molecule has 0 spiro atoms. The van der Waals surface area contributed by atoms with Gasteiger partial charge in [-0.1, -0.05) is 6.07 Å². The lowest BCUT2D eigenvalue weighted by atomic mass is 10.2. The molecule has 8 heteroatoms. The van der Waals surface area contributed by atoms with E-state index >= 15 is 0 Å². The minimum absolute atomic E-state index is 0. The molecule has 0 bridgehead atoms. The van der Waals surface area contributed by atoms with Gasteiger partial charge in [0.05, 0.1) is 4.90 Å². The van der Waals surface area contributed by atoms with E-state index in [1.807, 2.05) is 6.92 Å². The van der Waals surface area contributed by atoms with Gasteiger partial charge in [0.1, 0.15) is 0 Å². The number of hydrogen-bond donors (Lipinski definition) is 2. The Morgan fingerprint density at radius 3 is 2.78 bits per heavy atom. The molecule has 1 aliphatic heterocycles. The van der Waals surface area contributed by atoms with Gasteiger partial charge < -0.3 is 10.3 Å². The maximum absolute atomic E-state index is 13.1. The lowest BCUT2D eigenvalue weighted by Gasteiger charge is -2.26. The van der Waals surface area contributed by atoms with Crippen molar-refractivity contribution in [1.82, 2.24) is 14.6 Å². The molecular weight excluding hydrogens is 338 g/mol. The number of rotatable bonds is 2. The number of nitrogens with one attached hydrogen (secondary N) is 2. The molecule has 0 unspecified atom stereocenters. The van der Waals surface area contributed by atoms with Crippen LogP contribution < -0.4 is 10.9 Å². The summed E-state index contributed by atoms with van der Waals surface area (Å²) in [6, 6.07) is 6.35. The molecular formula is C15H20ClN3O3S. The fraction of sp³-hybridized carbons (Fsp3) is 0.400. The molecule has 2 heterocycles. The number of halogens is 1. The first-order valence-corrected chi connectivity index (χ1v) is 8.79. The van der Waals surface area contributed by atoms with E-state index in [4.69, 9.17) is 0 Å². The molecule has 3 rings (SSSR count). The number of benzene rings is 1. The number of H-pyrrole nitrogens is 1. The summed E-state index contributed by atoms with van der Waals surface area (Å²) in [5, 5.41) is 4.10. The van der Waals surface area contributed by atoms with Crippen molar-refractivity contribution in [3.63, 3.8) is 0 Å². The third kappa shape index (κ3) is 3.28. The minimum atomic E-state index is -3.64. The zero-order chi connectivity index (χ0) is 15.7. The average Bonchev–Trinajstić information content (AvgIpc) is 2.72. The second kappa shape index (κ2) is 7.00. The zero-order valence-corrected chi connectivity index (χ0v) is 14.4. The lowest BCUT2D eigenvalue weighted by Crippen LogP contribution is -2.41. The largest absolute Gasteiger partial charge is 0.329 e. The normalized spacial score (nSPS) is 20.0. The van der Waals surface area contributed by atoms with E-state index in [2.05, 4.69) is 10.3 Å². The van der Waals surface area contributed by atoms with E-state index in [1.54, 1.807) is 24.3 Å². The number of fused-ring (bicyclic) bond motifs is 1. The average molecular weight is 358 g/mol. The molecule has 0 aliphatic carbocycles. The van der Waals surface area contributed by atoms with E-state index < -0.39 is 10.0 Å². The fourth-order valence-electron chi connectivity index (χ4n) is 2.89. The number of aromatic nitrogens is 1. The van der Waals surface area contributed by atoms with E-state index in [1.165, 1.54) is 10.5 Å². The summed E-state index contributed by atoms with van der Waals surface area (Å²) in [4.78, 5) is 14.7. The molecule has 2 N–H and O–H groups in total. The van der Waals surface area contributed by atoms with Crippen LogP contribution in [0, 0.1) is 0 Å². The Morgan fingerprint density at radius 2 is 2.00 bits per heavy atom. The molecule has 0 saturated carbocycles. The second-order valence-electron chi connectivity index (χ2n) is 5.55.